The van der Waals surface area contributed by atoms with Crippen LogP contribution in [0.15, 0.2) is 24.5 Å². The number of carbonyl (C=O) groups excluding carboxylic acids is 1. The number of amides is 1. The van der Waals surface area contributed by atoms with Crippen LogP contribution in [0.4, 0.5) is 10.1 Å². The monoisotopic (exact) mass is 390 g/mol. The van der Waals surface area contributed by atoms with Crippen LogP contribution in [0.1, 0.15) is 60.6 Å². The molecule has 27 heavy (non-hydrogen) atoms. The van der Waals surface area contributed by atoms with E-state index in [1.54, 1.807) is 10.9 Å². The van der Waals surface area contributed by atoms with E-state index in [4.69, 9.17) is 17.3 Å². The number of halogens is 2. The lowest BCUT2D eigenvalue weighted by Gasteiger charge is -2.50. The molecule has 4 rings (SSSR count). The maximum Gasteiger partial charge on any atom is 0.274 e. The highest BCUT2D eigenvalue weighted by Gasteiger charge is 2.45. The summed E-state index contributed by atoms with van der Waals surface area (Å²) in [5.74, 6) is -0.479. The van der Waals surface area contributed by atoms with Gasteiger partial charge in [0.1, 0.15) is 11.5 Å². The Morgan fingerprint density at radius 2 is 2.07 bits per heavy atom. The fourth-order valence-electron chi connectivity index (χ4n) is 4.75. The number of carbonyl (C=O) groups is 1. The quantitative estimate of drug-likeness (QED) is 0.823. The molecular weight excluding hydrogens is 367 g/mol. The maximum absolute atomic E-state index is 13.3. The van der Waals surface area contributed by atoms with Gasteiger partial charge in [0.05, 0.1) is 17.0 Å². The number of rotatable bonds is 3. The average molecular weight is 391 g/mol. The summed E-state index contributed by atoms with van der Waals surface area (Å²) in [5.41, 5.74) is 8.29. The molecular formula is C20H24ClFN4O. The first-order chi connectivity index (χ1) is 12.9. The molecule has 2 aliphatic carbocycles. The van der Waals surface area contributed by atoms with E-state index in [0.29, 0.717) is 22.8 Å². The van der Waals surface area contributed by atoms with Gasteiger partial charge in [0.25, 0.3) is 5.91 Å². The van der Waals surface area contributed by atoms with Gasteiger partial charge in [-0.05, 0) is 62.1 Å². The second-order valence-corrected chi connectivity index (χ2v) is 8.52. The number of hydrogen-bond donors (Lipinski definition) is 2. The molecule has 1 amide bonds. The van der Waals surface area contributed by atoms with Crippen LogP contribution in [-0.4, -0.2) is 21.5 Å². The molecule has 1 heterocycles. The van der Waals surface area contributed by atoms with Crippen molar-refractivity contribution in [1.29, 1.82) is 0 Å². The van der Waals surface area contributed by atoms with Crippen molar-refractivity contribution < 1.29 is 9.18 Å². The zero-order valence-electron chi connectivity index (χ0n) is 15.3. The smallest absolute Gasteiger partial charge is 0.274 e. The largest absolute Gasteiger partial charge is 0.329 e. The number of nitrogens with two attached hydrogens (primary N) is 1. The molecule has 5 nitrogen and oxygen atoms in total. The van der Waals surface area contributed by atoms with Gasteiger partial charge in [0, 0.05) is 24.7 Å². The number of nitrogens with zero attached hydrogens (tertiary/aromatic N) is 2. The first-order valence-corrected chi connectivity index (χ1v) is 9.78. The van der Waals surface area contributed by atoms with E-state index in [0.717, 1.165) is 44.2 Å². The van der Waals surface area contributed by atoms with Gasteiger partial charge in [0.15, 0.2) is 0 Å². The third kappa shape index (κ3) is 3.48. The number of benzene rings is 1. The van der Waals surface area contributed by atoms with Crippen molar-refractivity contribution >= 4 is 23.2 Å². The van der Waals surface area contributed by atoms with Gasteiger partial charge in [-0.3, -0.25) is 4.79 Å². The van der Waals surface area contributed by atoms with Gasteiger partial charge in [-0.1, -0.05) is 11.6 Å². The third-order valence-electron chi connectivity index (χ3n) is 6.18. The summed E-state index contributed by atoms with van der Waals surface area (Å²) in [4.78, 5) is 17.4. The Balaban J connectivity index is 1.50. The molecule has 0 bridgehead atoms. The summed E-state index contributed by atoms with van der Waals surface area (Å²) in [6, 6.07) is 4.51. The second-order valence-electron chi connectivity index (χ2n) is 8.11. The van der Waals surface area contributed by atoms with E-state index in [1.807, 2.05) is 7.05 Å². The Hall–Kier alpha value is -1.92. The summed E-state index contributed by atoms with van der Waals surface area (Å²) >= 11 is 5.81. The summed E-state index contributed by atoms with van der Waals surface area (Å²) < 4.78 is 15.1. The van der Waals surface area contributed by atoms with Crippen molar-refractivity contribution in [2.45, 2.75) is 50.5 Å². The zero-order valence-corrected chi connectivity index (χ0v) is 16.1. The van der Waals surface area contributed by atoms with Crippen LogP contribution >= 0.6 is 11.6 Å². The molecule has 1 spiro atoms. The Labute approximate surface area is 163 Å². The topological polar surface area (TPSA) is 72.9 Å². The van der Waals surface area contributed by atoms with Crippen LogP contribution in [0, 0.1) is 11.2 Å². The molecule has 144 valence electrons. The normalized spacial score (nSPS) is 27.4. The van der Waals surface area contributed by atoms with Gasteiger partial charge in [-0.15, -0.1) is 0 Å². The number of hydrogen-bond acceptors (Lipinski definition) is 3. The van der Waals surface area contributed by atoms with E-state index in [-0.39, 0.29) is 16.8 Å². The van der Waals surface area contributed by atoms with Crippen molar-refractivity contribution in [3.8, 4) is 0 Å². The maximum atomic E-state index is 13.3. The highest BCUT2D eigenvalue weighted by atomic mass is 35.5. The van der Waals surface area contributed by atoms with Crippen LogP contribution in [0.3, 0.4) is 0 Å². The van der Waals surface area contributed by atoms with Crippen molar-refractivity contribution in [3.05, 3.63) is 46.8 Å². The summed E-state index contributed by atoms with van der Waals surface area (Å²) in [7, 11) is 1.82. The molecule has 0 unspecified atom stereocenters. The van der Waals surface area contributed by atoms with E-state index in [9.17, 15) is 9.18 Å². The molecule has 7 heteroatoms. The molecule has 0 radical (unpaired) electrons. The lowest BCUT2D eigenvalue weighted by molar-refractivity contribution is 0.0478. The number of nitrogens with one attached hydrogen (secondary N) is 1. The standard InChI is InChI=1S/C20H24ClFN4O/c1-26-11-24-17(12-4-6-20(7-5-12)9-13(23)10-20)18(26)19(27)25-14-2-3-16(22)15(21)8-14/h2-3,8,11-13H,4-7,9-10,23H2,1H3,(H,25,27). The molecule has 0 saturated heterocycles. The lowest BCUT2D eigenvalue weighted by atomic mass is 9.57. The van der Waals surface area contributed by atoms with E-state index < -0.39 is 5.82 Å². The Morgan fingerprint density at radius 3 is 2.70 bits per heavy atom. The minimum atomic E-state index is -0.511. The van der Waals surface area contributed by atoms with Gasteiger partial charge in [-0.2, -0.15) is 0 Å². The molecule has 2 aromatic rings. The van der Waals surface area contributed by atoms with E-state index in [2.05, 4.69) is 10.3 Å². The van der Waals surface area contributed by atoms with E-state index in [1.165, 1.54) is 18.2 Å². The fourth-order valence-corrected chi connectivity index (χ4v) is 4.93. The summed E-state index contributed by atoms with van der Waals surface area (Å²) in [5, 5.41) is 2.79. The third-order valence-corrected chi connectivity index (χ3v) is 6.47. The number of imidazole rings is 1. The average Bonchev–Trinajstić information content (AvgIpc) is 2.99. The van der Waals surface area contributed by atoms with Gasteiger partial charge in [-0.25, -0.2) is 9.37 Å². The predicted molar refractivity (Wildman–Crippen MR) is 103 cm³/mol. The van der Waals surface area contributed by atoms with Crippen molar-refractivity contribution in [2.24, 2.45) is 18.2 Å². The zero-order chi connectivity index (χ0) is 19.2. The molecule has 2 aliphatic rings. The predicted octanol–water partition coefficient (Wildman–Crippen LogP) is 4.23. The SMILES string of the molecule is Cn1cnc(C2CCC3(CC2)CC(N)C3)c1C(=O)Nc1ccc(F)c(Cl)c1. The van der Waals surface area contributed by atoms with Crippen LogP contribution in [-0.2, 0) is 7.05 Å². The van der Waals surface area contributed by atoms with Crippen LogP contribution < -0.4 is 11.1 Å². The molecule has 2 saturated carbocycles. The molecule has 1 aromatic carbocycles. The van der Waals surface area contributed by atoms with Gasteiger partial charge >= 0.3 is 0 Å². The van der Waals surface area contributed by atoms with Crippen LogP contribution in [0.25, 0.3) is 0 Å². The molecule has 2 fully saturated rings. The Morgan fingerprint density at radius 1 is 1.37 bits per heavy atom. The number of anilines is 1. The first-order valence-electron chi connectivity index (χ1n) is 9.40. The molecule has 1 aromatic heterocycles. The first kappa shape index (κ1) is 18.4. The fraction of sp³-hybridized carbons (Fsp3) is 0.500. The van der Waals surface area contributed by atoms with Crippen molar-refractivity contribution in [1.82, 2.24) is 9.55 Å². The minimum absolute atomic E-state index is 0.0192. The molecule has 3 N–H and O–H groups in total. The van der Waals surface area contributed by atoms with Crippen molar-refractivity contribution in [2.75, 3.05) is 5.32 Å². The number of aromatic nitrogens is 2. The summed E-state index contributed by atoms with van der Waals surface area (Å²) in [6.07, 6.45) is 8.30. The number of aryl methyl sites for hydroxylation is 1. The second kappa shape index (κ2) is 6.91. The van der Waals surface area contributed by atoms with Gasteiger partial charge in [0.2, 0.25) is 0 Å². The molecule has 0 atom stereocenters. The highest BCUT2D eigenvalue weighted by molar-refractivity contribution is 6.31. The Bertz CT molecular complexity index is 865. The minimum Gasteiger partial charge on any atom is -0.329 e. The summed E-state index contributed by atoms with van der Waals surface area (Å²) in [6.45, 7) is 0. The van der Waals surface area contributed by atoms with Crippen molar-refractivity contribution in [3.63, 3.8) is 0 Å². The van der Waals surface area contributed by atoms with Gasteiger partial charge < -0.3 is 15.6 Å². The lowest BCUT2D eigenvalue weighted by Crippen LogP contribution is -2.47. The van der Waals surface area contributed by atoms with Crippen LogP contribution in [0.5, 0.6) is 0 Å². The van der Waals surface area contributed by atoms with E-state index >= 15 is 0 Å². The highest BCUT2D eigenvalue weighted by Crippen LogP contribution is 2.54. The Kier molecular flexibility index (Phi) is 4.72. The van der Waals surface area contributed by atoms with Crippen LogP contribution in [0.2, 0.25) is 5.02 Å². The molecule has 0 aliphatic heterocycles.